The van der Waals surface area contributed by atoms with Gasteiger partial charge in [-0.25, -0.2) is 0 Å². The Morgan fingerprint density at radius 2 is 1.86 bits per heavy atom. The number of hydrogen-bond acceptors (Lipinski definition) is 2. The molecule has 76 valence electrons. The van der Waals surface area contributed by atoms with Gasteiger partial charge >= 0.3 is 0 Å². The number of likely N-dealkylation sites (N-methyl/N-ethyl adjacent to an activating group) is 1. The van der Waals surface area contributed by atoms with Gasteiger partial charge in [-0.05, 0) is 45.2 Å². The van der Waals surface area contributed by atoms with E-state index in [1.165, 1.54) is 34.6 Å². The highest BCUT2D eigenvalue weighted by Crippen LogP contribution is 2.35. The Morgan fingerprint density at radius 3 is 2.50 bits per heavy atom. The molecule has 1 aliphatic rings. The number of hydrogen-bond donors (Lipinski definition) is 0. The molecule has 0 amide bonds. The maximum Gasteiger partial charge on any atom is 0.0618 e. The first-order chi connectivity index (χ1) is 6.52. The molecule has 14 heavy (non-hydrogen) atoms. The van der Waals surface area contributed by atoms with E-state index >= 15 is 0 Å². The highest BCUT2D eigenvalue weighted by atomic mass is 15.2. The summed E-state index contributed by atoms with van der Waals surface area (Å²) in [6.07, 6.45) is 1.17. The Balaban J connectivity index is 2.67. The molecule has 0 aliphatic carbocycles. The largest absolute Gasteiger partial charge is 0.370 e. The molecule has 0 fully saturated rings. The number of aryl methyl sites for hydroxylation is 2. The zero-order valence-corrected chi connectivity index (χ0v) is 9.68. The zero-order valence-electron chi connectivity index (χ0n) is 9.68. The molecule has 0 saturated heterocycles. The van der Waals surface area contributed by atoms with E-state index in [2.05, 4.69) is 44.6 Å². The number of aromatic nitrogens is 1. The van der Waals surface area contributed by atoms with Crippen molar-refractivity contribution >= 4 is 5.69 Å². The minimum atomic E-state index is 0.617. The third-order valence-electron chi connectivity index (χ3n) is 3.47. The Kier molecular flexibility index (Phi) is 2.02. The molecule has 1 atom stereocenters. The molecule has 1 aliphatic heterocycles. The van der Waals surface area contributed by atoms with Crippen LogP contribution in [0.4, 0.5) is 5.69 Å². The second kappa shape index (κ2) is 2.97. The fourth-order valence-corrected chi connectivity index (χ4v) is 2.37. The average Bonchev–Trinajstić information content (AvgIpc) is 2.40. The average molecular weight is 190 g/mol. The van der Waals surface area contributed by atoms with E-state index in [4.69, 9.17) is 0 Å². The molecule has 1 aromatic rings. The lowest BCUT2D eigenvalue weighted by Crippen LogP contribution is -2.24. The van der Waals surface area contributed by atoms with Crippen LogP contribution in [-0.2, 0) is 6.42 Å². The van der Waals surface area contributed by atoms with Crippen molar-refractivity contribution in [1.82, 2.24) is 4.98 Å². The third-order valence-corrected chi connectivity index (χ3v) is 3.47. The highest BCUT2D eigenvalue weighted by Gasteiger charge is 2.27. The minimum absolute atomic E-state index is 0.617. The van der Waals surface area contributed by atoms with Crippen molar-refractivity contribution in [1.29, 1.82) is 0 Å². The summed E-state index contributed by atoms with van der Waals surface area (Å²) in [5, 5.41) is 0. The quantitative estimate of drug-likeness (QED) is 0.624. The van der Waals surface area contributed by atoms with Gasteiger partial charge in [-0.1, -0.05) is 0 Å². The smallest absolute Gasteiger partial charge is 0.0618 e. The van der Waals surface area contributed by atoms with Gasteiger partial charge in [0, 0.05) is 18.8 Å². The Bertz CT molecular complexity index is 382. The fraction of sp³-hybridized carbons (Fsp3) is 0.583. The van der Waals surface area contributed by atoms with Gasteiger partial charge in [-0.3, -0.25) is 4.98 Å². The van der Waals surface area contributed by atoms with Crippen molar-refractivity contribution in [3.8, 4) is 0 Å². The zero-order chi connectivity index (χ0) is 10.5. The van der Waals surface area contributed by atoms with E-state index in [0.29, 0.717) is 6.04 Å². The number of anilines is 1. The molecular weight excluding hydrogens is 172 g/mol. The maximum atomic E-state index is 4.59. The number of rotatable bonds is 0. The molecule has 2 nitrogen and oxygen atoms in total. The van der Waals surface area contributed by atoms with Crippen LogP contribution >= 0.6 is 0 Å². The predicted molar refractivity (Wildman–Crippen MR) is 60.0 cm³/mol. The van der Waals surface area contributed by atoms with Crippen LogP contribution in [0.25, 0.3) is 0 Å². The summed E-state index contributed by atoms with van der Waals surface area (Å²) in [6, 6.07) is 0.617. The van der Waals surface area contributed by atoms with E-state index in [1.807, 2.05) is 0 Å². The summed E-state index contributed by atoms with van der Waals surface area (Å²) >= 11 is 0. The maximum absolute atomic E-state index is 4.59. The van der Waals surface area contributed by atoms with Gasteiger partial charge in [0.2, 0.25) is 0 Å². The topological polar surface area (TPSA) is 16.1 Å². The normalized spacial score (nSPS) is 20.1. The summed E-state index contributed by atoms with van der Waals surface area (Å²) < 4.78 is 0. The molecule has 2 heteroatoms. The van der Waals surface area contributed by atoms with Crippen LogP contribution in [-0.4, -0.2) is 18.1 Å². The van der Waals surface area contributed by atoms with Crippen LogP contribution < -0.4 is 4.90 Å². The van der Waals surface area contributed by atoms with Gasteiger partial charge in [-0.2, -0.15) is 0 Å². The van der Waals surface area contributed by atoms with Crippen molar-refractivity contribution in [2.75, 3.05) is 11.9 Å². The minimum Gasteiger partial charge on any atom is -0.370 e. The Labute approximate surface area is 86.0 Å². The van der Waals surface area contributed by atoms with E-state index in [0.717, 1.165) is 0 Å². The lowest BCUT2D eigenvalue weighted by molar-refractivity contribution is 0.730. The third kappa shape index (κ3) is 1.13. The lowest BCUT2D eigenvalue weighted by atomic mass is 10.0. The first-order valence-corrected chi connectivity index (χ1v) is 5.22. The van der Waals surface area contributed by atoms with Gasteiger partial charge in [0.15, 0.2) is 0 Å². The summed E-state index contributed by atoms with van der Waals surface area (Å²) in [6.45, 7) is 8.67. The van der Waals surface area contributed by atoms with Gasteiger partial charge in [0.25, 0.3) is 0 Å². The number of nitrogens with zero attached hydrogens (tertiary/aromatic N) is 2. The van der Waals surface area contributed by atoms with Crippen LogP contribution in [0.5, 0.6) is 0 Å². The fourth-order valence-electron chi connectivity index (χ4n) is 2.37. The summed E-state index contributed by atoms with van der Waals surface area (Å²) in [7, 11) is 2.17. The molecule has 1 unspecified atom stereocenters. The first kappa shape index (κ1) is 9.50. The van der Waals surface area contributed by atoms with Gasteiger partial charge in [-0.15, -0.1) is 0 Å². The van der Waals surface area contributed by atoms with Crippen molar-refractivity contribution in [2.45, 2.75) is 40.2 Å². The monoisotopic (exact) mass is 190 g/mol. The van der Waals surface area contributed by atoms with Crippen molar-refractivity contribution in [3.05, 3.63) is 22.5 Å². The van der Waals surface area contributed by atoms with Crippen LogP contribution in [0.1, 0.15) is 29.4 Å². The molecule has 0 radical (unpaired) electrons. The van der Waals surface area contributed by atoms with Crippen LogP contribution in [0.15, 0.2) is 0 Å². The van der Waals surface area contributed by atoms with Crippen molar-refractivity contribution in [2.24, 2.45) is 0 Å². The van der Waals surface area contributed by atoms with E-state index in [1.54, 1.807) is 0 Å². The molecule has 1 aromatic heterocycles. The van der Waals surface area contributed by atoms with Crippen molar-refractivity contribution < 1.29 is 0 Å². The van der Waals surface area contributed by atoms with Gasteiger partial charge in [0.05, 0.1) is 11.4 Å². The number of pyridine rings is 1. The lowest BCUT2D eigenvalue weighted by Gasteiger charge is -2.20. The van der Waals surface area contributed by atoms with Crippen LogP contribution in [0.3, 0.4) is 0 Å². The SMILES string of the molecule is Cc1nc(C)c2c(c1C)CC(C)N2C. The first-order valence-electron chi connectivity index (χ1n) is 5.22. The molecule has 0 spiro atoms. The van der Waals surface area contributed by atoms with Crippen LogP contribution in [0.2, 0.25) is 0 Å². The summed E-state index contributed by atoms with van der Waals surface area (Å²) in [4.78, 5) is 6.94. The number of fused-ring (bicyclic) bond motifs is 1. The van der Waals surface area contributed by atoms with Gasteiger partial charge < -0.3 is 4.90 Å². The molecule has 2 rings (SSSR count). The second-order valence-electron chi connectivity index (χ2n) is 4.40. The molecule has 0 bridgehead atoms. The molecular formula is C12H18N2. The molecule has 2 heterocycles. The molecule has 0 aromatic carbocycles. The molecule has 0 N–H and O–H groups in total. The van der Waals surface area contributed by atoms with E-state index < -0.39 is 0 Å². The van der Waals surface area contributed by atoms with Gasteiger partial charge in [0.1, 0.15) is 0 Å². The Morgan fingerprint density at radius 1 is 1.21 bits per heavy atom. The Hall–Kier alpha value is -1.05. The standard InChI is InChI=1S/C12H18N2/c1-7-6-11-8(2)9(3)13-10(4)12(11)14(7)5/h7H,6H2,1-5H3. The second-order valence-corrected chi connectivity index (χ2v) is 4.40. The predicted octanol–water partition coefficient (Wildman–Crippen LogP) is 2.39. The van der Waals surface area contributed by atoms with E-state index in [-0.39, 0.29) is 0 Å². The van der Waals surface area contributed by atoms with Crippen LogP contribution in [0, 0.1) is 20.8 Å². The van der Waals surface area contributed by atoms with E-state index in [9.17, 15) is 0 Å². The summed E-state index contributed by atoms with van der Waals surface area (Å²) in [5.74, 6) is 0. The van der Waals surface area contributed by atoms with Crippen molar-refractivity contribution in [3.63, 3.8) is 0 Å². The highest BCUT2D eigenvalue weighted by molar-refractivity contribution is 5.64. The molecule has 0 saturated carbocycles. The summed E-state index contributed by atoms with van der Waals surface area (Å²) in [5.41, 5.74) is 6.60.